The van der Waals surface area contributed by atoms with E-state index in [1.807, 2.05) is 0 Å². The van der Waals surface area contributed by atoms with E-state index < -0.39 is 5.97 Å². The Morgan fingerprint density at radius 1 is 1.07 bits per heavy atom. The number of hydrogen-bond donors (Lipinski definition) is 1. The van der Waals surface area contributed by atoms with Gasteiger partial charge in [-0.3, -0.25) is 4.79 Å². The van der Waals surface area contributed by atoms with E-state index in [9.17, 15) is 4.79 Å². The topological polar surface area (TPSA) is 37.3 Å². The van der Waals surface area contributed by atoms with Crippen molar-refractivity contribution in [1.29, 1.82) is 0 Å². The van der Waals surface area contributed by atoms with Crippen molar-refractivity contribution in [3.63, 3.8) is 0 Å². The molecule has 0 bridgehead atoms. The minimum Gasteiger partial charge on any atom is -1.00 e. The molecule has 0 spiro atoms. The molecule has 0 unspecified atom stereocenters. The summed E-state index contributed by atoms with van der Waals surface area (Å²) in [6.45, 7) is 4.51. The van der Waals surface area contributed by atoms with E-state index in [0.717, 1.165) is 18.8 Å². The van der Waals surface area contributed by atoms with Gasteiger partial charge in [0.05, 0.1) is 0 Å². The summed E-state index contributed by atoms with van der Waals surface area (Å²) in [6, 6.07) is 0. The van der Waals surface area contributed by atoms with Gasteiger partial charge in [0.1, 0.15) is 0 Å². The monoisotopic (exact) mass is 240 g/mol. The predicted octanol–water partition coefficient (Wildman–Crippen LogP) is 0.964. The standard InChI is InChI=1S/C12H24O2.K.H/c1-11(2)9-7-5-3-4-6-8-10-12(13)14;;/h11H,3-10H2,1-2H3,(H,13,14);;/q;+1;-1. The zero-order chi connectivity index (χ0) is 10.8. The van der Waals surface area contributed by atoms with Gasteiger partial charge < -0.3 is 6.53 Å². The van der Waals surface area contributed by atoms with E-state index in [4.69, 9.17) is 5.11 Å². The molecule has 0 aromatic heterocycles. The molecule has 0 saturated heterocycles. The van der Waals surface area contributed by atoms with Crippen LogP contribution in [0.3, 0.4) is 0 Å². The molecule has 0 aliphatic rings. The van der Waals surface area contributed by atoms with E-state index in [1.54, 1.807) is 0 Å². The SMILES string of the molecule is CC(C)CCCCCCCCC(=O)O.[H-].[K+]. The minimum atomic E-state index is -0.662. The van der Waals surface area contributed by atoms with Crippen molar-refractivity contribution in [1.82, 2.24) is 0 Å². The fourth-order valence-electron chi connectivity index (χ4n) is 1.54. The Kier molecular flexibility index (Phi) is 16.2. The molecule has 0 aromatic carbocycles. The Balaban J connectivity index is -0.000000845. The van der Waals surface area contributed by atoms with Crippen LogP contribution < -0.4 is 51.4 Å². The molecular formula is C12H25KO2. The van der Waals surface area contributed by atoms with Crippen LogP contribution in [0.4, 0.5) is 0 Å². The number of unbranched alkanes of at least 4 members (excludes halogenated alkanes) is 5. The Morgan fingerprint density at radius 2 is 1.53 bits per heavy atom. The van der Waals surface area contributed by atoms with Crippen molar-refractivity contribution >= 4 is 5.97 Å². The molecule has 0 atom stereocenters. The van der Waals surface area contributed by atoms with Crippen LogP contribution in [0.15, 0.2) is 0 Å². The van der Waals surface area contributed by atoms with Gasteiger partial charge in [-0.05, 0) is 12.3 Å². The molecule has 3 heteroatoms. The average molecular weight is 240 g/mol. The van der Waals surface area contributed by atoms with Crippen LogP contribution >= 0.6 is 0 Å². The van der Waals surface area contributed by atoms with Gasteiger partial charge in [0.15, 0.2) is 0 Å². The first-order chi connectivity index (χ1) is 6.63. The van der Waals surface area contributed by atoms with Crippen LogP contribution in [0.25, 0.3) is 0 Å². The fourth-order valence-corrected chi connectivity index (χ4v) is 1.54. The minimum absolute atomic E-state index is 0. The first-order valence-electron chi connectivity index (χ1n) is 5.84. The maximum Gasteiger partial charge on any atom is 1.00 e. The number of hydrogen-bond acceptors (Lipinski definition) is 1. The third-order valence-corrected chi connectivity index (χ3v) is 2.42. The molecule has 15 heavy (non-hydrogen) atoms. The summed E-state index contributed by atoms with van der Waals surface area (Å²) < 4.78 is 0. The van der Waals surface area contributed by atoms with Crippen LogP contribution in [0.5, 0.6) is 0 Å². The maximum absolute atomic E-state index is 10.2. The smallest absolute Gasteiger partial charge is 1.00 e. The largest absolute Gasteiger partial charge is 1.00 e. The molecule has 0 radical (unpaired) electrons. The molecule has 0 rings (SSSR count). The Bertz CT molecular complexity index is 152. The quantitative estimate of drug-likeness (QED) is 0.481. The maximum atomic E-state index is 10.2. The second-order valence-corrected chi connectivity index (χ2v) is 4.45. The van der Waals surface area contributed by atoms with Crippen LogP contribution in [0.1, 0.15) is 66.6 Å². The summed E-state index contributed by atoms with van der Waals surface area (Å²) in [5.74, 6) is 0.159. The van der Waals surface area contributed by atoms with E-state index in [0.29, 0.717) is 6.42 Å². The number of aliphatic carboxylic acids is 1. The molecule has 0 aliphatic carbocycles. The zero-order valence-electron chi connectivity index (χ0n) is 11.6. The molecule has 1 N–H and O–H groups in total. The number of carboxylic acids is 1. The van der Waals surface area contributed by atoms with Crippen LogP contribution in [-0.2, 0) is 4.79 Å². The van der Waals surface area contributed by atoms with Crippen molar-refractivity contribution < 1.29 is 62.7 Å². The third kappa shape index (κ3) is 17.7. The first kappa shape index (κ1) is 18.5. The van der Waals surface area contributed by atoms with Crippen LogP contribution in [0.2, 0.25) is 0 Å². The van der Waals surface area contributed by atoms with Gasteiger partial charge >= 0.3 is 57.4 Å². The Hall–Kier alpha value is 1.11. The van der Waals surface area contributed by atoms with Gasteiger partial charge in [-0.2, -0.15) is 0 Å². The van der Waals surface area contributed by atoms with E-state index in [-0.39, 0.29) is 52.8 Å². The molecule has 0 amide bonds. The summed E-state index contributed by atoms with van der Waals surface area (Å²) in [5, 5.41) is 8.42. The second-order valence-electron chi connectivity index (χ2n) is 4.45. The van der Waals surface area contributed by atoms with Crippen molar-refractivity contribution in [3.05, 3.63) is 0 Å². The zero-order valence-corrected chi connectivity index (χ0v) is 13.7. The van der Waals surface area contributed by atoms with Crippen molar-refractivity contribution in [2.45, 2.75) is 65.2 Å². The van der Waals surface area contributed by atoms with Crippen molar-refractivity contribution in [3.8, 4) is 0 Å². The molecular weight excluding hydrogens is 215 g/mol. The summed E-state index contributed by atoms with van der Waals surface area (Å²) in [5.41, 5.74) is 0. The molecule has 86 valence electrons. The Morgan fingerprint density at radius 3 is 2.00 bits per heavy atom. The van der Waals surface area contributed by atoms with Gasteiger partial charge in [-0.1, -0.05) is 52.4 Å². The van der Waals surface area contributed by atoms with E-state index in [1.165, 1.54) is 32.1 Å². The summed E-state index contributed by atoms with van der Waals surface area (Å²) in [4.78, 5) is 10.2. The normalized spacial score (nSPS) is 10.1. The first-order valence-corrected chi connectivity index (χ1v) is 5.84. The van der Waals surface area contributed by atoms with Gasteiger partial charge in [-0.25, -0.2) is 0 Å². The summed E-state index contributed by atoms with van der Waals surface area (Å²) in [7, 11) is 0. The number of rotatable bonds is 9. The number of carboxylic acid groups (broad SMARTS) is 1. The van der Waals surface area contributed by atoms with E-state index >= 15 is 0 Å². The van der Waals surface area contributed by atoms with Gasteiger partial charge in [0, 0.05) is 6.42 Å². The molecule has 0 heterocycles. The van der Waals surface area contributed by atoms with Gasteiger partial charge in [-0.15, -0.1) is 0 Å². The third-order valence-electron chi connectivity index (χ3n) is 2.42. The summed E-state index contributed by atoms with van der Waals surface area (Å²) in [6.07, 6.45) is 8.70. The van der Waals surface area contributed by atoms with E-state index in [2.05, 4.69) is 13.8 Å². The molecule has 2 nitrogen and oxygen atoms in total. The predicted molar refractivity (Wildman–Crippen MR) is 60.5 cm³/mol. The Labute approximate surface area is 138 Å². The van der Waals surface area contributed by atoms with Gasteiger partial charge in [0.25, 0.3) is 0 Å². The number of carbonyl (C=O) groups is 1. The second kappa shape index (κ2) is 13.2. The molecule has 0 fully saturated rings. The van der Waals surface area contributed by atoms with Crippen molar-refractivity contribution in [2.24, 2.45) is 5.92 Å². The van der Waals surface area contributed by atoms with Crippen molar-refractivity contribution in [2.75, 3.05) is 0 Å². The van der Waals surface area contributed by atoms with Crippen LogP contribution in [-0.4, -0.2) is 11.1 Å². The average Bonchev–Trinajstić information content (AvgIpc) is 2.08. The van der Waals surface area contributed by atoms with Gasteiger partial charge in [0.2, 0.25) is 0 Å². The molecule has 0 aromatic rings. The molecule has 0 saturated carbocycles. The fraction of sp³-hybridized carbons (Fsp3) is 0.917. The summed E-state index contributed by atoms with van der Waals surface area (Å²) >= 11 is 0. The molecule has 0 aliphatic heterocycles. The van der Waals surface area contributed by atoms with Crippen LogP contribution in [0, 0.1) is 5.92 Å².